The molecule has 1 aromatic carbocycles. The molecule has 0 heterocycles. The van der Waals surface area contributed by atoms with Gasteiger partial charge in [0.15, 0.2) is 0 Å². The predicted molar refractivity (Wildman–Crippen MR) is 85.5 cm³/mol. The van der Waals surface area contributed by atoms with Crippen molar-refractivity contribution in [2.75, 3.05) is 0 Å². The highest BCUT2D eigenvalue weighted by atomic mass is 16.3. The van der Waals surface area contributed by atoms with Crippen LogP contribution in [-0.4, -0.2) is 41.2 Å². The predicted octanol–water partition coefficient (Wildman–Crippen LogP) is -0.701. The summed E-state index contributed by atoms with van der Waals surface area (Å²) in [6, 6.07) is 4.28. The van der Waals surface area contributed by atoms with Gasteiger partial charge in [-0.3, -0.25) is 19.2 Å². The third kappa shape index (κ3) is 6.91. The average Bonchev–Trinajstić information content (AvgIpc) is 2.52. The highest BCUT2D eigenvalue weighted by Crippen LogP contribution is 2.11. The summed E-state index contributed by atoms with van der Waals surface area (Å²) in [6.07, 6.45) is 1.78. The van der Waals surface area contributed by atoms with Crippen molar-refractivity contribution in [1.29, 1.82) is 0 Å². The number of hydrogen-bond donors (Lipinski definition) is 4. The number of nitrogens with two attached hydrogens (primary N) is 1. The largest absolute Gasteiger partial charge is 0.508 e. The van der Waals surface area contributed by atoms with Crippen LogP contribution in [0.25, 0.3) is 0 Å². The van der Waals surface area contributed by atoms with E-state index in [1.54, 1.807) is 18.4 Å². The van der Waals surface area contributed by atoms with Crippen molar-refractivity contribution in [3.8, 4) is 5.75 Å². The third-order valence-electron chi connectivity index (χ3n) is 3.21. The van der Waals surface area contributed by atoms with Crippen molar-refractivity contribution in [3.05, 3.63) is 29.8 Å². The fourth-order valence-electron chi connectivity index (χ4n) is 2.04. The molecule has 0 aliphatic rings. The van der Waals surface area contributed by atoms with E-state index in [4.69, 9.17) is 5.73 Å². The Morgan fingerprint density at radius 1 is 1.21 bits per heavy atom. The van der Waals surface area contributed by atoms with E-state index in [0.29, 0.717) is 5.56 Å². The first-order valence-corrected chi connectivity index (χ1v) is 7.33. The number of carbonyl (C=O) groups is 3. The lowest BCUT2D eigenvalue weighted by molar-refractivity contribution is -0.128. The standard InChI is InChI=1S/C16H20N3O5/c1-10(21)18-14(8-11-2-5-13(22)6-3-11)16(24)19-12(9-20)4-7-15(17)23/h2-3,5-6,12,14,22H,4,7-8H2,1H3,(H2,17,23)(H,18,21)(H,19,24). The lowest BCUT2D eigenvalue weighted by atomic mass is 10.0. The molecule has 0 fully saturated rings. The van der Waals surface area contributed by atoms with E-state index in [1.807, 2.05) is 0 Å². The van der Waals surface area contributed by atoms with Crippen LogP contribution in [0.3, 0.4) is 0 Å². The number of amides is 3. The van der Waals surface area contributed by atoms with E-state index < -0.39 is 29.8 Å². The molecule has 2 atom stereocenters. The molecule has 2 unspecified atom stereocenters. The van der Waals surface area contributed by atoms with Gasteiger partial charge < -0.3 is 21.5 Å². The number of phenolic OH excluding ortho intramolecular Hbond substituents is 1. The Hall–Kier alpha value is -2.90. The van der Waals surface area contributed by atoms with E-state index in [9.17, 15) is 24.3 Å². The molecule has 0 spiro atoms. The van der Waals surface area contributed by atoms with Crippen molar-refractivity contribution in [2.24, 2.45) is 5.73 Å². The first kappa shape index (κ1) is 19.1. The normalized spacial score (nSPS) is 12.7. The van der Waals surface area contributed by atoms with E-state index in [2.05, 4.69) is 10.6 Å². The second-order valence-corrected chi connectivity index (χ2v) is 5.31. The molecule has 24 heavy (non-hydrogen) atoms. The summed E-state index contributed by atoms with van der Waals surface area (Å²) >= 11 is 0. The summed E-state index contributed by atoms with van der Waals surface area (Å²) < 4.78 is 0. The lowest BCUT2D eigenvalue weighted by Crippen LogP contribution is -2.50. The Morgan fingerprint density at radius 2 is 1.83 bits per heavy atom. The first-order chi connectivity index (χ1) is 11.3. The number of hydrogen-bond acceptors (Lipinski definition) is 5. The second-order valence-electron chi connectivity index (χ2n) is 5.31. The van der Waals surface area contributed by atoms with Gasteiger partial charge in [0.1, 0.15) is 11.8 Å². The van der Waals surface area contributed by atoms with Gasteiger partial charge in [-0.2, -0.15) is 0 Å². The van der Waals surface area contributed by atoms with Crippen LogP contribution in [-0.2, 0) is 25.6 Å². The van der Waals surface area contributed by atoms with Crippen LogP contribution in [0.1, 0.15) is 25.3 Å². The van der Waals surface area contributed by atoms with Crippen LogP contribution in [0.2, 0.25) is 0 Å². The molecule has 0 bridgehead atoms. The fraction of sp³-hybridized carbons (Fsp3) is 0.375. The molecule has 0 saturated carbocycles. The molecule has 5 N–H and O–H groups in total. The van der Waals surface area contributed by atoms with Gasteiger partial charge in [0.25, 0.3) is 0 Å². The molecule has 1 aromatic rings. The summed E-state index contributed by atoms with van der Waals surface area (Å²) in [5.41, 5.74) is 5.72. The summed E-state index contributed by atoms with van der Waals surface area (Å²) in [5.74, 6) is -1.48. The smallest absolute Gasteiger partial charge is 0.243 e. The average molecular weight is 334 g/mol. The molecule has 1 rings (SSSR count). The van der Waals surface area contributed by atoms with Gasteiger partial charge >= 0.3 is 0 Å². The van der Waals surface area contributed by atoms with Gasteiger partial charge in [-0.25, -0.2) is 0 Å². The van der Waals surface area contributed by atoms with Gasteiger partial charge in [-0.1, -0.05) is 12.1 Å². The number of carbonyl (C=O) groups excluding carboxylic acids is 4. The van der Waals surface area contributed by atoms with Gasteiger partial charge in [0, 0.05) is 19.8 Å². The molecule has 0 aliphatic heterocycles. The maximum absolute atomic E-state index is 12.3. The van der Waals surface area contributed by atoms with Gasteiger partial charge in [0.05, 0.1) is 6.04 Å². The minimum Gasteiger partial charge on any atom is -0.508 e. The highest BCUT2D eigenvalue weighted by Gasteiger charge is 2.23. The van der Waals surface area contributed by atoms with E-state index in [-0.39, 0.29) is 25.0 Å². The topological polar surface area (TPSA) is 139 Å². The van der Waals surface area contributed by atoms with Crippen molar-refractivity contribution in [3.63, 3.8) is 0 Å². The zero-order chi connectivity index (χ0) is 18.1. The molecule has 0 saturated heterocycles. The molecule has 3 amide bonds. The molecule has 0 aromatic heterocycles. The van der Waals surface area contributed by atoms with Crippen molar-refractivity contribution in [2.45, 2.75) is 38.3 Å². The zero-order valence-corrected chi connectivity index (χ0v) is 13.2. The molecule has 0 aliphatic carbocycles. The minimum absolute atomic E-state index is 0.0383. The quantitative estimate of drug-likeness (QED) is 0.473. The van der Waals surface area contributed by atoms with E-state index in [1.165, 1.54) is 19.1 Å². The molecule has 8 heteroatoms. The molecule has 1 radical (unpaired) electrons. The van der Waals surface area contributed by atoms with Crippen LogP contribution >= 0.6 is 0 Å². The van der Waals surface area contributed by atoms with Crippen molar-refractivity contribution < 1.29 is 24.3 Å². The third-order valence-corrected chi connectivity index (χ3v) is 3.21. The van der Waals surface area contributed by atoms with E-state index >= 15 is 0 Å². The Morgan fingerprint density at radius 3 is 2.33 bits per heavy atom. The first-order valence-electron chi connectivity index (χ1n) is 7.33. The van der Waals surface area contributed by atoms with E-state index in [0.717, 1.165) is 0 Å². The monoisotopic (exact) mass is 334 g/mol. The number of primary amides is 1. The fourth-order valence-corrected chi connectivity index (χ4v) is 2.04. The molecule has 129 valence electrons. The number of aromatic hydroxyl groups is 1. The Bertz CT molecular complexity index is 600. The molecular weight excluding hydrogens is 314 g/mol. The molecular formula is C16H20N3O5. The van der Waals surface area contributed by atoms with Crippen LogP contribution in [0.15, 0.2) is 24.3 Å². The van der Waals surface area contributed by atoms with Crippen LogP contribution in [0.4, 0.5) is 0 Å². The van der Waals surface area contributed by atoms with Gasteiger partial charge in [-0.15, -0.1) is 0 Å². The number of rotatable bonds is 9. The summed E-state index contributed by atoms with van der Waals surface area (Å²) in [6.45, 7) is 1.27. The SMILES string of the molecule is CC(=O)NC(Cc1ccc(O)cc1)C(=O)NC([C]=O)CCC(N)=O. The zero-order valence-electron chi connectivity index (χ0n) is 13.2. The maximum Gasteiger partial charge on any atom is 0.243 e. The Kier molecular flexibility index (Phi) is 7.41. The Balaban J connectivity index is 2.76. The van der Waals surface area contributed by atoms with Crippen LogP contribution in [0, 0.1) is 0 Å². The van der Waals surface area contributed by atoms with Crippen molar-refractivity contribution >= 4 is 24.0 Å². The summed E-state index contributed by atoms with van der Waals surface area (Å²) in [5, 5.41) is 14.2. The van der Waals surface area contributed by atoms with Crippen molar-refractivity contribution in [1.82, 2.24) is 10.6 Å². The number of benzene rings is 1. The van der Waals surface area contributed by atoms with Gasteiger partial charge in [0.2, 0.25) is 24.0 Å². The minimum atomic E-state index is -0.985. The Labute approximate surface area is 139 Å². The lowest BCUT2D eigenvalue weighted by Gasteiger charge is -2.20. The number of phenols is 1. The number of nitrogens with one attached hydrogen (secondary N) is 2. The second kappa shape index (κ2) is 9.29. The van der Waals surface area contributed by atoms with Crippen LogP contribution < -0.4 is 16.4 Å². The van der Waals surface area contributed by atoms with Gasteiger partial charge in [-0.05, 0) is 24.1 Å². The summed E-state index contributed by atoms with van der Waals surface area (Å²) in [7, 11) is 0. The highest BCUT2D eigenvalue weighted by molar-refractivity contribution is 5.88. The maximum atomic E-state index is 12.3. The van der Waals surface area contributed by atoms with Crippen LogP contribution in [0.5, 0.6) is 5.75 Å². The summed E-state index contributed by atoms with van der Waals surface area (Å²) in [4.78, 5) is 45.2. The molecule has 8 nitrogen and oxygen atoms in total.